The highest BCUT2D eigenvalue weighted by atomic mass is 19.1. The van der Waals surface area contributed by atoms with Crippen molar-refractivity contribution in [2.75, 3.05) is 11.4 Å². The highest BCUT2D eigenvalue weighted by Gasteiger charge is 2.41. The maximum Gasteiger partial charge on any atom is 0.228 e. The summed E-state index contributed by atoms with van der Waals surface area (Å²) in [7, 11) is 0. The number of carbonyl (C=O) groups excluding carboxylic acids is 2. The molecular weight excluding hydrogens is 331 g/mol. The number of hydrogen-bond acceptors (Lipinski definition) is 2. The van der Waals surface area contributed by atoms with Crippen molar-refractivity contribution < 1.29 is 14.0 Å². The van der Waals surface area contributed by atoms with E-state index in [0.717, 1.165) is 18.5 Å². The molecule has 4 nitrogen and oxygen atoms in total. The lowest BCUT2D eigenvalue weighted by atomic mass is 10.1. The van der Waals surface area contributed by atoms with Gasteiger partial charge in [0.05, 0.1) is 5.92 Å². The molecule has 4 rings (SSSR count). The van der Waals surface area contributed by atoms with Gasteiger partial charge in [0.1, 0.15) is 5.82 Å². The molecule has 2 aliphatic rings. The number of nitrogens with zero attached hydrogens (tertiary/aromatic N) is 2. The molecule has 0 N–H and O–H groups in total. The maximum absolute atomic E-state index is 14.0. The van der Waals surface area contributed by atoms with Crippen LogP contribution >= 0.6 is 0 Å². The van der Waals surface area contributed by atoms with Crippen LogP contribution in [0.4, 0.5) is 10.1 Å². The van der Waals surface area contributed by atoms with E-state index in [1.165, 1.54) is 6.07 Å². The highest BCUT2D eigenvalue weighted by molar-refractivity contribution is 6.00. The van der Waals surface area contributed by atoms with Gasteiger partial charge in [0.25, 0.3) is 0 Å². The molecule has 0 radical (unpaired) electrons. The number of rotatable bonds is 5. The van der Waals surface area contributed by atoms with E-state index in [-0.39, 0.29) is 42.6 Å². The summed E-state index contributed by atoms with van der Waals surface area (Å²) in [5.74, 6) is -0.729. The Morgan fingerprint density at radius 3 is 2.46 bits per heavy atom. The van der Waals surface area contributed by atoms with Crippen LogP contribution in [0.15, 0.2) is 54.6 Å². The van der Waals surface area contributed by atoms with Crippen molar-refractivity contribution in [3.63, 3.8) is 0 Å². The first-order valence-electron chi connectivity index (χ1n) is 9.03. The van der Waals surface area contributed by atoms with Crippen molar-refractivity contribution in [2.45, 2.75) is 31.8 Å². The summed E-state index contributed by atoms with van der Waals surface area (Å²) in [6.45, 7) is 0.661. The van der Waals surface area contributed by atoms with E-state index in [4.69, 9.17) is 0 Å². The summed E-state index contributed by atoms with van der Waals surface area (Å²) < 4.78 is 14.0. The zero-order valence-corrected chi connectivity index (χ0v) is 14.5. The Morgan fingerprint density at radius 1 is 1.08 bits per heavy atom. The Balaban J connectivity index is 1.50. The first kappa shape index (κ1) is 16.8. The fraction of sp³-hybridized carbons (Fsp3) is 0.333. The molecule has 1 aliphatic heterocycles. The van der Waals surface area contributed by atoms with Crippen molar-refractivity contribution in [2.24, 2.45) is 5.92 Å². The van der Waals surface area contributed by atoms with E-state index >= 15 is 0 Å². The number of para-hydroxylation sites is 1. The maximum atomic E-state index is 14.0. The molecule has 0 aromatic heterocycles. The quantitative estimate of drug-likeness (QED) is 0.828. The van der Waals surface area contributed by atoms with Gasteiger partial charge in [-0.2, -0.15) is 0 Å². The lowest BCUT2D eigenvalue weighted by Gasteiger charge is -2.26. The Hall–Kier alpha value is -2.69. The molecule has 2 amide bonds. The first-order chi connectivity index (χ1) is 12.6. The van der Waals surface area contributed by atoms with Gasteiger partial charge in [-0.25, -0.2) is 4.39 Å². The second-order valence-corrected chi connectivity index (χ2v) is 7.03. The smallest absolute Gasteiger partial charge is 0.228 e. The van der Waals surface area contributed by atoms with Gasteiger partial charge in [-0.3, -0.25) is 9.59 Å². The number of anilines is 1. The second-order valence-electron chi connectivity index (χ2n) is 7.03. The summed E-state index contributed by atoms with van der Waals surface area (Å²) in [5.41, 5.74) is 1.34. The largest absolute Gasteiger partial charge is 0.335 e. The number of hydrogen-bond donors (Lipinski definition) is 0. The van der Waals surface area contributed by atoms with E-state index in [2.05, 4.69) is 0 Å². The van der Waals surface area contributed by atoms with E-state index in [9.17, 15) is 14.0 Å². The minimum atomic E-state index is -0.366. The average Bonchev–Trinajstić information content (AvgIpc) is 3.42. The van der Waals surface area contributed by atoms with E-state index in [1.807, 2.05) is 30.3 Å². The summed E-state index contributed by atoms with van der Waals surface area (Å²) in [4.78, 5) is 28.9. The lowest BCUT2D eigenvalue weighted by molar-refractivity contribution is -0.137. The van der Waals surface area contributed by atoms with Gasteiger partial charge in [0.2, 0.25) is 11.8 Å². The van der Waals surface area contributed by atoms with Gasteiger partial charge >= 0.3 is 0 Å². The minimum Gasteiger partial charge on any atom is -0.335 e. The predicted octanol–water partition coefficient (Wildman–Crippen LogP) is 3.37. The fourth-order valence-electron chi connectivity index (χ4n) is 3.55. The van der Waals surface area contributed by atoms with Crippen molar-refractivity contribution >= 4 is 17.5 Å². The van der Waals surface area contributed by atoms with E-state index in [0.29, 0.717) is 12.1 Å². The summed E-state index contributed by atoms with van der Waals surface area (Å²) in [5, 5.41) is 0. The van der Waals surface area contributed by atoms with Crippen LogP contribution in [-0.2, 0) is 16.1 Å². The zero-order chi connectivity index (χ0) is 18.1. The van der Waals surface area contributed by atoms with Crippen LogP contribution in [-0.4, -0.2) is 29.3 Å². The monoisotopic (exact) mass is 352 g/mol. The van der Waals surface area contributed by atoms with Gasteiger partial charge in [0, 0.05) is 36.8 Å². The van der Waals surface area contributed by atoms with Crippen LogP contribution in [0.2, 0.25) is 0 Å². The van der Waals surface area contributed by atoms with Gasteiger partial charge in [-0.05, 0) is 31.0 Å². The zero-order valence-electron chi connectivity index (χ0n) is 14.5. The standard InChI is InChI=1S/C21H21FN2O2/c22-19-9-5-4-6-15(19)13-24(18-10-11-18)21(26)16-12-20(25)23(14-16)17-7-2-1-3-8-17/h1-9,16,18H,10-14H2. The highest BCUT2D eigenvalue weighted by Crippen LogP contribution is 2.33. The third kappa shape index (κ3) is 3.34. The molecule has 1 heterocycles. The molecule has 134 valence electrons. The third-order valence-electron chi connectivity index (χ3n) is 5.11. The van der Waals surface area contributed by atoms with E-state index in [1.54, 1.807) is 28.0 Å². The van der Waals surface area contributed by atoms with Crippen LogP contribution in [0.3, 0.4) is 0 Å². The molecule has 0 bridgehead atoms. The van der Waals surface area contributed by atoms with Crippen LogP contribution in [0.25, 0.3) is 0 Å². The third-order valence-corrected chi connectivity index (χ3v) is 5.11. The summed E-state index contributed by atoms with van der Waals surface area (Å²) >= 11 is 0. The van der Waals surface area contributed by atoms with Crippen molar-refractivity contribution in [1.29, 1.82) is 0 Å². The molecule has 1 atom stereocenters. The van der Waals surface area contributed by atoms with Gasteiger partial charge in [0.15, 0.2) is 0 Å². The number of amides is 2. The van der Waals surface area contributed by atoms with Crippen molar-refractivity contribution in [1.82, 2.24) is 4.90 Å². The van der Waals surface area contributed by atoms with Crippen LogP contribution in [0.1, 0.15) is 24.8 Å². The molecular formula is C21H21FN2O2. The van der Waals surface area contributed by atoms with E-state index < -0.39 is 0 Å². The Kier molecular flexibility index (Phi) is 4.45. The molecule has 1 saturated carbocycles. The molecule has 1 unspecified atom stereocenters. The molecule has 26 heavy (non-hydrogen) atoms. The average molecular weight is 352 g/mol. The summed E-state index contributed by atoms with van der Waals surface area (Å²) in [6.07, 6.45) is 2.11. The predicted molar refractivity (Wildman–Crippen MR) is 96.9 cm³/mol. The normalized spacial score (nSPS) is 19.7. The first-order valence-corrected chi connectivity index (χ1v) is 9.03. The number of carbonyl (C=O) groups is 2. The lowest BCUT2D eigenvalue weighted by Crippen LogP contribution is -2.38. The molecule has 2 aromatic rings. The van der Waals surface area contributed by atoms with Gasteiger partial charge in [-0.15, -0.1) is 0 Å². The number of benzene rings is 2. The van der Waals surface area contributed by atoms with Crippen LogP contribution in [0.5, 0.6) is 0 Å². The van der Waals surface area contributed by atoms with Crippen LogP contribution < -0.4 is 4.90 Å². The molecule has 0 spiro atoms. The number of halogens is 1. The van der Waals surface area contributed by atoms with Gasteiger partial charge < -0.3 is 9.80 Å². The Morgan fingerprint density at radius 2 is 1.77 bits per heavy atom. The Labute approximate surface area is 152 Å². The second kappa shape index (κ2) is 6.90. The summed E-state index contributed by atoms with van der Waals surface area (Å²) in [6, 6.07) is 16.2. The molecule has 1 aliphatic carbocycles. The molecule has 2 aromatic carbocycles. The fourth-order valence-corrected chi connectivity index (χ4v) is 3.55. The van der Waals surface area contributed by atoms with Crippen molar-refractivity contribution in [3.05, 3.63) is 66.0 Å². The topological polar surface area (TPSA) is 40.6 Å². The SMILES string of the molecule is O=C1CC(C(=O)N(Cc2ccccc2F)C2CC2)CN1c1ccccc1. The molecule has 2 fully saturated rings. The molecule has 5 heteroatoms. The van der Waals surface area contributed by atoms with Crippen molar-refractivity contribution in [3.8, 4) is 0 Å². The van der Waals surface area contributed by atoms with Gasteiger partial charge in [-0.1, -0.05) is 36.4 Å². The molecule has 1 saturated heterocycles. The Bertz CT molecular complexity index is 820. The van der Waals surface area contributed by atoms with Crippen LogP contribution in [0, 0.1) is 11.7 Å². The minimum absolute atomic E-state index is 0.0313.